The van der Waals surface area contributed by atoms with Crippen molar-refractivity contribution in [3.8, 4) is 0 Å². The summed E-state index contributed by atoms with van der Waals surface area (Å²) in [5.41, 5.74) is 3.76. The number of amides is 1. The molecule has 1 heterocycles. The van der Waals surface area contributed by atoms with E-state index < -0.39 is 10.0 Å². The van der Waals surface area contributed by atoms with Gasteiger partial charge < -0.3 is 5.32 Å². The highest BCUT2D eigenvalue weighted by Gasteiger charge is 2.32. The van der Waals surface area contributed by atoms with Crippen LogP contribution in [0.25, 0.3) is 0 Å². The van der Waals surface area contributed by atoms with Crippen LogP contribution in [-0.2, 0) is 20.6 Å². The quantitative estimate of drug-likeness (QED) is 0.422. The third kappa shape index (κ3) is 6.44. The number of carbonyl (C=O) groups is 1. The second-order valence-corrected chi connectivity index (χ2v) is 11.7. The minimum absolute atomic E-state index is 0.0547. The van der Waals surface area contributed by atoms with Crippen LogP contribution in [0.15, 0.2) is 72.8 Å². The van der Waals surface area contributed by atoms with Gasteiger partial charge in [0.25, 0.3) is 0 Å². The molecular weight excluding hydrogens is 503 g/mol. The first-order chi connectivity index (χ1) is 16.7. The number of nitrogens with zero attached hydrogens (tertiary/aromatic N) is 1. The fourth-order valence-electron chi connectivity index (χ4n) is 4.35. The van der Waals surface area contributed by atoms with E-state index in [9.17, 15) is 13.2 Å². The fourth-order valence-corrected chi connectivity index (χ4v) is 6.22. The number of carbonyl (C=O) groups excluding carboxylic acids is 1. The summed E-state index contributed by atoms with van der Waals surface area (Å²) in [5.74, 6) is -0.450. The fraction of sp³-hybridized carbons (Fsp3) is 0.296. The monoisotopic (exact) mass is 530 g/mol. The lowest BCUT2D eigenvalue weighted by Gasteiger charge is -2.31. The van der Waals surface area contributed by atoms with Crippen LogP contribution >= 0.6 is 23.2 Å². The van der Waals surface area contributed by atoms with Gasteiger partial charge in [0.1, 0.15) is 0 Å². The lowest BCUT2D eigenvalue weighted by atomic mass is 9.94. The Hall–Kier alpha value is -2.38. The molecule has 1 unspecified atom stereocenters. The Morgan fingerprint density at radius 2 is 1.57 bits per heavy atom. The standard InChI is InChI=1S/C27H28Cl2N2O3S/c1-19-7-10-22(11-8-19)26(21-5-3-2-4-6-21)30-27(32)23-13-15-31(16-14-23)35(33,34)18-20-9-12-24(28)25(29)17-20/h2-12,17,23,26H,13-16,18H2,1H3,(H,30,32). The maximum absolute atomic E-state index is 13.2. The van der Waals surface area contributed by atoms with Crippen molar-refractivity contribution in [2.45, 2.75) is 31.6 Å². The molecular formula is C27H28Cl2N2O3S. The molecule has 0 saturated carbocycles. The maximum Gasteiger partial charge on any atom is 0.223 e. The lowest BCUT2D eigenvalue weighted by molar-refractivity contribution is -0.126. The van der Waals surface area contributed by atoms with Gasteiger partial charge in [-0.05, 0) is 48.6 Å². The Balaban J connectivity index is 1.41. The van der Waals surface area contributed by atoms with Crippen molar-refractivity contribution in [2.24, 2.45) is 5.92 Å². The molecule has 3 aromatic rings. The van der Waals surface area contributed by atoms with Crippen LogP contribution in [0.2, 0.25) is 10.0 Å². The van der Waals surface area contributed by atoms with Crippen LogP contribution in [0.4, 0.5) is 0 Å². The Bertz CT molecular complexity index is 1270. The van der Waals surface area contributed by atoms with E-state index in [-0.39, 0.29) is 23.6 Å². The number of hydrogen-bond donors (Lipinski definition) is 1. The van der Waals surface area contributed by atoms with Crippen molar-refractivity contribution in [2.75, 3.05) is 13.1 Å². The molecule has 0 radical (unpaired) electrons. The summed E-state index contributed by atoms with van der Waals surface area (Å²) >= 11 is 12.0. The molecule has 0 aliphatic carbocycles. The summed E-state index contributed by atoms with van der Waals surface area (Å²) in [5, 5.41) is 3.93. The van der Waals surface area contributed by atoms with Gasteiger partial charge in [0.05, 0.1) is 21.8 Å². The van der Waals surface area contributed by atoms with Crippen LogP contribution in [0, 0.1) is 12.8 Å². The molecule has 3 aromatic carbocycles. The predicted molar refractivity (Wildman–Crippen MR) is 141 cm³/mol. The van der Waals surface area contributed by atoms with Gasteiger partial charge in [-0.1, -0.05) is 89.4 Å². The van der Waals surface area contributed by atoms with E-state index in [1.54, 1.807) is 18.2 Å². The van der Waals surface area contributed by atoms with Crippen molar-refractivity contribution in [3.63, 3.8) is 0 Å². The van der Waals surface area contributed by atoms with E-state index in [0.717, 1.165) is 16.7 Å². The van der Waals surface area contributed by atoms with E-state index in [4.69, 9.17) is 23.2 Å². The van der Waals surface area contributed by atoms with Crippen molar-refractivity contribution in [3.05, 3.63) is 105 Å². The highest BCUT2D eigenvalue weighted by Crippen LogP contribution is 2.28. The normalized spacial score (nSPS) is 16.1. The summed E-state index contributed by atoms with van der Waals surface area (Å²) in [6.45, 7) is 2.65. The third-order valence-corrected chi connectivity index (χ3v) is 8.97. The van der Waals surface area contributed by atoms with E-state index in [1.165, 1.54) is 4.31 Å². The second-order valence-electron chi connectivity index (χ2n) is 8.94. The molecule has 1 fully saturated rings. The van der Waals surface area contributed by atoms with E-state index >= 15 is 0 Å². The molecule has 0 spiro atoms. The molecule has 1 amide bonds. The molecule has 184 valence electrons. The molecule has 1 aliphatic heterocycles. The number of benzene rings is 3. The molecule has 1 atom stereocenters. The van der Waals surface area contributed by atoms with Gasteiger partial charge in [-0.15, -0.1) is 0 Å². The maximum atomic E-state index is 13.2. The van der Waals surface area contributed by atoms with Gasteiger partial charge in [0.15, 0.2) is 0 Å². The number of nitrogens with one attached hydrogen (secondary N) is 1. The largest absolute Gasteiger partial charge is 0.345 e. The van der Waals surface area contributed by atoms with Crippen molar-refractivity contribution < 1.29 is 13.2 Å². The molecule has 35 heavy (non-hydrogen) atoms. The van der Waals surface area contributed by atoms with Gasteiger partial charge in [-0.25, -0.2) is 12.7 Å². The van der Waals surface area contributed by atoms with Crippen LogP contribution in [0.5, 0.6) is 0 Å². The summed E-state index contributed by atoms with van der Waals surface area (Å²) in [6.07, 6.45) is 0.948. The van der Waals surface area contributed by atoms with Crippen molar-refractivity contribution in [1.29, 1.82) is 0 Å². The molecule has 0 bridgehead atoms. The summed E-state index contributed by atoms with van der Waals surface area (Å²) in [6, 6.07) is 22.6. The molecule has 8 heteroatoms. The number of aryl methyl sites for hydroxylation is 1. The predicted octanol–water partition coefficient (Wildman–Crippen LogP) is 5.75. The number of rotatable bonds is 7. The van der Waals surface area contributed by atoms with Gasteiger partial charge in [0.2, 0.25) is 15.9 Å². The zero-order valence-corrected chi connectivity index (χ0v) is 21.8. The summed E-state index contributed by atoms with van der Waals surface area (Å²) in [4.78, 5) is 13.2. The summed E-state index contributed by atoms with van der Waals surface area (Å²) in [7, 11) is -3.53. The molecule has 1 N–H and O–H groups in total. The van der Waals surface area contributed by atoms with E-state index in [1.807, 2.05) is 61.5 Å². The van der Waals surface area contributed by atoms with Crippen LogP contribution < -0.4 is 5.32 Å². The molecule has 1 saturated heterocycles. The molecule has 1 aliphatic rings. The van der Waals surface area contributed by atoms with Crippen molar-refractivity contribution >= 4 is 39.1 Å². The minimum Gasteiger partial charge on any atom is -0.345 e. The molecule has 4 rings (SSSR count). The lowest BCUT2D eigenvalue weighted by Crippen LogP contribution is -2.44. The Morgan fingerprint density at radius 1 is 0.943 bits per heavy atom. The average Bonchev–Trinajstić information content (AvgIpc) is 2.86. The van der Waals surface area contributed by atoms with E-state index in [2.05, 4.69) is 5.32 Å². The smallest absolute Gasteiger partial charge is 0.223 e. The van der Waals surface area contributed by atoms with Gasteiger partial charge in [0, 0.05) is 19.0 Å². The van der Waals surface area contributed by atoms with Crippen LogP contribution in [0.1, 0.15) is 41.1 Å². The molecule has 0 aromatic heterocycles. The SMILES string of the molecule is Cc1ccc(C(NC(=O)C2CCN(S(=O)(=O)Cc3ccc(Cl)c(Cl)c3)CC2)c2ccccc2)cc1. The Labute approximate surface area is 217 Å². The van der Waals surface area contributed by atoms with E-state index in [0.29, 0.717) is 41.5 Å². The Morgan fingerprint density at radius 3 is 2.20 bits per heavy atom. The van der Waals surface area contributed by atoms with Gasteiger partial charge in [-0.3, -0.25) is 4.79 Å². The average molecular weight is 532 g/mol. The minimum atomic E-state index is -3.53. The summed E-state index contributed by atoms with van der Waals surface area (Å²) < 4.78 is 27.4. The first kappa shape index (κ1) is 25.7. The van der Waals surface area contributed by atoms with Gasteiger partial charge >= 0.3 is 0 Å². The molecule has 5 nitrogen and oxygen atoms in total. The number of piperidine rings is 1. The zero-order valence-electron chi connectivity index (χ0n) is 19.5. The van der Waals surface area contributed by atoms with Crippen LogP contribution in [-0.4, -0.2) is 31.7 Å². The first-order valence-corrected chi connectivity index (χ1v) is 13.9. The topological polar surface area (TPSA) is 66.5 Å². The zero-order chi connectivity index (χ0) is 25.0. The number of hydrogen-bond acceptors (Lipinski definition) is 3. The second kappa shape index (κ2) is 11.1. The van der Waals surface area contributed by atoms with Crippen LogP contribution in [0.3, 0.4) is 0 Å². The Kier molecular flexibility index (Phi) is 8.17. The highest BCUT2D eigenvalue weighted by molar-refractivity contribution is 7.88. The highest BCUT2D eigenvalue weighted by atomic mass is 35.5. The third-order valence-electron chi connectivity index (χ3n) is 6.38. The first-order valence-electron chi connectivity index (χ1n) is 11.6. The van der Waals surface area contributed by atoms with Crippen molar-refractivity contribution in [1.82, 2.24) is 9.62 Å². The van der Waals surface area contributed by atoms with Gasteiger partial charge in [-0.2, -0.15) is 0 Å². The number of sulfonamides is 1. The number of halogens is 2.